The van der Waals surface area contributed by atoms with Crippen LogP contribution in [0.5, 0.6) is 11.5 Å². The molecule has 3 heterocycles. The molecule has 1 saturated carbocycles. The number of amides is 1. The van der Waals surface area contributed by atoms with Gasteiger partial charge < -0.3 is 14.8 Å². The van der Waals surface area contributed by atoms with Gasteiger partial charge in [-0.05, 0) is 61.1 Å². The third-order valence-electron chi connectivity index (χ3n) is 5.68. The lowest BCUT2D eigenvalue weighted by Crippen LogP contribution is -2.25. The zero-order chi connectivity index (χ0) is 19.1. The van der Waals surface area contributed by atoms with E-state index in [1.54, 1.807) is 0 Å². The molecule has 0 atom stereocenters. The minimum absolute atomic E-state index is 0.128. The van der Waals surface area contributed by atoms with Crippen molar-refractivity contribution in [3.63, 3.8) is 0 Å². The van der Waals surface area contributed by atoms with Gasteiger partial charge in [0.25, 0.3) is 5.91 Å². The molecule has 1 amide bonds. The predicted octanol–water partition coefficient (Wildman–Crippen LogP) is 3.61. The van der Waals surface area contributed by atoms with Crippen LogP contribution in [0.3, 0.4) is 0 Å². The van der Waals surface area contributed by atoms with Gasteiger partial charge in [-0.25, -0.2) is 4.98 Å². The van der Waals surface area contributed by atoms with E-state index in [1.807, 2.05) is 35.7 Å². The van der Waals surface area contributed by atoms with Gasteiger partial charge in [-0.1, -0.05) is 12.5 Å². The molecular weight excluding hydrogens is 354 g/mol. The van der Waals surface area contributed by atoms with E-state index >= 15 is 0 Å². The molecule has 3 aromatic rings. The Bertz CT molecular complexity index is 1050. The first-order valence-corrected chi connectivity index (χ1v) is 9.84. The maximum absolute atomic E-state index is 12.9. The summed E-state index contributed by atoms with van der Waals surface area (Å²) < 4.78 is 13.0. The van der Waals surface area contributed by atoms with E-state index in [0.717, 1.165) is 28.4 Å². The number of pyridine rings is 1. The number of rotatable bonds is 4. The van der Waals surface area contributed by atoms with Gasteiger partial charge in [-0.15, -0.1) is 0 Å². The minimum atomic E-state index is -0.128. The fourth-order valence-electron chi connectivity index (χ4n) is 3.91. The topological polar surface area (TPSA) is 64.9 Å². The van der Waals surface area contributed by atoms with Crippen molar-refractivity contribution in [2.75, 3.05) is 13.2 Å². The average molecular weight is 377 g/mol. The quantitative estimate of drug-likeness (QED) is 0.754. The molecule has 0 bridgehead atoms. The van der Waals surface area contributed by atoms with Gasteiger partial charge in [-0.3, -0.25) is 9.20 Å². The molecule has 1 N–H and O–H groups in total. The van der Waals surface area contributed by atoms with Crippen LogP contribution in [0.2, 0.25) is 0 Å². The van der Waals surface area contributed by atoms with Crippen LogP contribution in [0.4, 0.5) is 0 Å². The highest BCUT2D eigenvalue weighted by Crippen LogP contribution is 2.36. The van der Waals surface area contributed by atoms with E-state index < -0.39 is 0 Å². The van der Waals surface area contributed by atoms with Crippen LogP contribution in [-0.2, 0) is 6.54 Å². The summed E-state index contributed by atoms with van der Waals surface area (Å²) in [6.45, 7) is 3.42. The molecule has 0 spiro atoms. The second kappa shape index (κ2) is 6.86. The Kier molecular flexibility index (Phi) is 4.19. The number of carbonyl (C=O) groups is 1. The van der Waals surface area contributed by atoms with E-state index in [4.69, 9.17) is 9.47 Å². The number of hydrogen-bond acceptors (Lipinski definition) is 4. The van der Waals surface area contributed by atoms with E-state index in [9.17, 15) is 4.79 Å². The Morgan fingerprint density at radius 3 is 2.79 bits per heavy atom. The lowest BCUT2D eigenvalue weighted by Gasteiger charge is -2.25. The number of imidazole rings is 1. The standard InChI is InChI=1S/C22H23N3O3/c1-14-21(25-8-7-17(12-20(25)24-14)16-3-2-4-16)22(26)23-13-15-5-6-18-19(11-15)28-10-9-27-18/h5-8,11-12,16H,2-4,9-10,13H2,1H3,(H,23,26). The lowest BCUT2D eigenvalue weighted by atomic mass is 9.80. The molecule has 0 saturated heterocycles. The monoisotopic (exact) mass is 377 g/mol. The zero-order valence-electron chi connectivity index (χ0n) is 15.9. The van der Waals surface area contributed by atoms with Crippen LogP contribution in [0.15, 0.2) is 36.5 Å². The van der Waals surface area contributed by atoms with E-state index in [-0.39, 0.29) is 5.91 Å². The number of nitrogens with one attached hydrogen (secondary N) is 1. The van der Waals surface area contributed by atoms with Crippen molar-refractivity contribution in [1.82, 2.24) is 14.7 Å². The van der Waals surface area contributed by atoms with Gasteiger partial charge in [0.1, 0.15) is 24.6 Å². The summed E-state index contributed by atoms with van der Waals surface area (Å²) in [7, 11) is 0. The van der Waals surface area contributed by atoms with Crippen LogP contribution in [-0.4, -0.2) is 28.5 Å². The first kappa shape index (κ1) is 17.1. The highest BCUT2D eigenvalue weighted by molar-refractivity contribution is 5.94. The zero-order valence-corrected chi connectivity index (χ0v) is 15.9. The summed E-state index contributed by atoms with van der Waals surface area (Å²) >= 11 is 0. The molecule has 0 radical (unpaired) electrons. The summed E-state index contributed by atoms with van der Waals surface area (Å²) in [5.41, 5.74) is 4.47. The lowest BCUT2D eigenvalue weighted by molar-refractivity contribution is 0.0944. The van der Waals surface area contributed by atoms with Crippen LogP contribution >= 0.6 is 0 Å². The fourth-order valence-corrected chi connectivity index (χ4v) is 3.91. The number of benzene rings is 1. The Balaban J connectivity index is 1.35. The van der Waals surface area contributed by atoms with Gasteiger partial charge in [0.15, 0.2) is 11.5 Å². The van der Waals surface area contributed by atoms with Crippen molar-refractivity contribution < 1.29 is 14.3 Å². The molecule has 0 unspecified atom stereocenters. The summed E-state index contributed by atoms with van der Waals surface area (Å²) in [4.78, 5) is 17.5. The number of hydrogen-bond donors (Lipinski definition) is 1. The van der Waals surface area contributed by atoms with Gasteiger partial charge >= 0.3 is 0 Å². The van der Waals surface area contributed by atoms with Crippen LogP contribution in [0.25, 0.3) is 5.65 Å². The van der Waals surface area contributed by atoms with Gasteiger partial charge in [0.2, 0.25) is 0 Å². The van der Waals surface area contributed by atoms with Gasteiger partial charge in [0, 0.05) is 12.7 Å². The molecular formula is C22H23N3O3. The van der Waals surface area contributed by atoms with E-state index in [0.29, 0.717) is 31.4 Å². The Morgan fingerprint density at radius 1 is 1.18 bits per heavy atom. The van der Waals surface area contributed by atoms with Crippen molar-refractivity contribution in [1.29, 1.82) is 0 Å². The van der Waals surface area contributed by atoms with Crippen molar-refractivity contribution in [2.45, 2.75) is 38.6 Å². The van der Waals surface area contributed by atoms with Crippen molar-refractivity contribution >= 4 is 11.6 Å². The van der Waals surface area contributed by atoms with Gasteiger partial charge in [-0.2, -0.15) is 0 Å². The molecule has 5 rings (SSSR count). The van der Waals surface area contributed by atoms with Crippen LogP contribution in [0, 0.1) is 6.92 Å². The second-order valence-corrected chi connectivity index (χ2v) is 7.52. The van der Waals surface area contributed by atoms with Crippen LogP contribution < -0.4 is 14.8 Å². The van der Waals surface area contributed by atoms with Crippen molar-refractivity contribution in [2.24, 2.45) is 0 Å². The third kappa shape index (κ3) is 2.99. The highest BCUT2D eigenvalue weighted by atomic mass is 16.6. The number of nitrogens with zero attached hydrogens (tertiary/aromatic N) is 2. The predicted molar refractivity (Wildman–Crippen MR) is 105 cm³/mol. The molecule has 2 aromatic heterocycles. The summed E-state index contributed by atoms with van der Waals surface area (Å²) in [6, 6.07) is 9.99. The normalized spacial score (nSPS) is 16.0. The van der Waals surface area contributed by atoms with Crippen molar-refractivity contribution in [3.05, 3.63) is 59.0 Å². The molecule has 6 heteroatoms. The molecule has 28 heavy (non-hydrogen) atoms. The Labute approximate surface area is 163 Å². The maximum Gasteiger partial charge on any atom is 0.270 e. The number of ether oxygens (including phenoxy) is 2. The molecule has 1 fully saturated rings. The number of aromatic nitrogens is 2. The van der Waals surface area contributed by atoms with E-state index in [2.05, 4.69) is 22.4 Å². The molecule has 1 aliphatic carbocycles. The smallest absolute Gasteiger partial charge is 0.270 e. The molecule has 1 aliphatic heterocycles. The molecule has 1 aromatic carbocycles. The summed E-state index contributed by atoms with van der Waals surface area (Å²) in [6.07, 6.45) is 5.77. The fraction of sp³-hybridized carbons (Fsp3) is 0.364. The molecule has 2 aliphatic rings. The average Bonchev–Trinajstić information content (AvgIpc) is 2.99. The number of fused-ring (bicyclic) bond motifs is 2. The first-order valence-electron chi connectivity index (χ1n) is 9.84. The number of carbonyl (C=O) groups excluding carboxylic acids is 1. The molecule has 6 nitrogen and oxygen atoms in total. The van der Waals surface area contributed by atoms with Crippen LogP contribution in [0.1, 0.15) is 52.5 Å². The highest BCUT2D eigenvalue weighted by Gasteiger charge is 2.22. The maximum atomic E-state index is 12.9. The summed E-state index contributed by atoms with van der Waals surface area (Å²) in [5, 5.41) is 3.00. The Hall–Kier alpha value is -3.02. The van der Waals surface area contributed by atoms with Crippen molar-refractivity contribution in [3.8, 4) is 11.5 Å². The first-order chi connectivity index (χ1) is 13.7. The number of aryl methyl sites for hydroxylation is 1. The SMILES string of the molecule is Cc1nc2cc(C3CCC3)ccn2c1C(=O)NCc1ccc2c(c1)OCCO2. The Morgan fingerprint density at radius 2 is 2.00 bits per heavy atom. The van der Waals surface area contributed by atoms with Gasteiger partial charge in [0.05, 0.1) is 5.69 Å². The summed E-state index contributed by atoms with van der Waals surface area (Å²) in [5.74, 6) is 2.00. The minimum Gasteiger partial charge on any atom is -0.486 e. The second-order valence-electron chi connectivity index (χ2n) is 7.52. The van der Waals surface area contributed by atoms with E-state index in [1.165, 1.54) is 24.8 Å². The third-order valence-corrected chi connectivity index (χ3v) is 5.68. The molecule has 144 valence electrons. The largest absolute Gasteiger partial charge is 0.486 e.